The fourth-order valence-corrected chi connectivity index (χ4v) is 4.99. The first kappa shape index (κ1) is 17.1. The van der Waals surface area contributed by atoms with E-state index >= 15 is 0 Å². The molecule has 2 aliphatic carbocycles. The van der Waals surface area contributed by atoms with Gasteiger partial charge < -0.3 is 10.1 Å². The maximum atomic E-state index is 13.4. The first-order chi connectivity index (χ1) is 11.9. The van der Waals surface area contributed by atoms with Crippen molar-refractivity contribution in [2.45, 2.75) is 57.0 Å². The number of piperidine rings is 1. The SMILES string of the molecule is FC(F)(F)C12CCC(COc3cccc(C4CCNCC4)n3)(CC1)C2. The zero-order valence-electron chi connectivity index (χ0n) is 14.4. The Labute approximate surface area is 146 Å². The van der Waals surface area contributed by atoms with E-state index in [4.69, 9.17) is 4.74 Å². The Balaban J connectivity index is 1.41. The van der Waals surface area contributed by atoms with Gasteiger partial charge in [0.25, 0.3) is 0 Å². The summed E-state index contributed by atoms with van der Waals surface area (Å²) in [5, 5.41) is 3.34. The Morgan fingerprint density at radius 1 is 1.12 bits per heavy atom. The minimum absolute atomic E-state index is 0.220. The molecule has 1 aromatic rings. The molecule has 1 aromatic heterocycles. The van der Waals surface area contributed by atoms with Crippen LogP contribution in [0.4, 0.5) is 13.2 Å². The molecule has 1 aliphatic heterocycles. The van der Waals surface area contributed by atoms with Gasteiger partial charge in [0.05, 0.1) is 12.0 Å². The van der Waals surface area contributed by atoms with Crippen LogP contribution in [0.5, 0.6) is 5.88 Å². The second-order valence-corrected chi connectivity index (χ2v) is 8.17. The average molecular weight is 354 g/mol. The highest BCUT2D eigenvalue weighted by Crippen LogP contribution is 2.67. The van der Waals surface area contributed by atoms with Crippen molar-refractivity contribution in [3.05, 3.63) is 23.9 Å². The monoisotopic (exact) mass is 354 g/mol. The van der Waals surface area contributed by atoms with Gasteiger partial charge in [0.1, 0.15) is 0 Å². The molecule has 2 heterocycles. The molecule has 4 rings (SSSR count). The number of fused-ring (bicyclic) bond motifs is 2. The Morgan fingerprint density at radius 2 is 1.84 bits per heavy atom. The van der Waals surface area contributed by atoms with Crippen LogP contribution < -0.4 is 10.1 Å². The van der Waals surface area contributed by atoms with E-state index in [1.807, 2.05) is 18.2 Å². The van der Waals surface area contributed by atoms with Crippen LogP contribution in [0.25, 0.3) is 0 Å². The molecule has 2 bridgehead atoms. The van der Waals surface area contributed by atoms with Crippen molar-refractivity contribution in [3.63, 3.8) is 0 Å². The van der Waals surface area contributed by atoms with Crippen molar-refractivity contribution in [1.29, 1.82) is 0 Å². The molecule has 138 valence electrons. The molecule has 3 aliphatic rings. The van der Waals surface area contributed by atoms with Crippen LogP contribution in [0.1, 0.15) is 56.6 Å². The van der Waals surface area contributed by atoms with Crippen LogP contribution in [-0.2, 0) is 0 Å². The maximum Gasteiger partial charge on any atom is 0.394 e. The fraction of sp³-hybridized carbons (Fsp3) is 0.737. The molecule has 2 saturated carbocycles. The minimum Gasteiger partial charge on any atom is -0.477 e. The molecular weight excluding hydrogens is 329 g/mol. The fourth-order valence-electron chi connectivity index (χ4n) is 4.99. The summed E-state index contributed by atoms with van der Waals surface area (Å²) >= 11 is 0. The van der Waals surface area contributed by atoms with E-state index < -0.39 is 11.6 Å². The predicted octanol–water partition coefficient (Wildman–Crippen LogP) is 4.44. The quantitative estimate of drug-likeness (QED) is 0.868. The van der Waals surface area contributed by atoms with E-state index in [1.165, 1.54) is 0 Å². The highest BCUT2D eigenvalue weighted by atomic mass is 19.4. The first-order valence-electron chi connectivity index (χ1n) is 9.29. The summed E-state index contributed by atoms with van der Waals surface area (Å²) < 4.78 is 46.0. The number of halogens is 3. The predicted molar refractivity (Wildman–Crippen MR) is 88.6 cm³/mol. The number of pyridine rings is 1. The van der Waals surface area contributed by atoms with E-state index in [0.29, 0.717) is 31.2 Å². The first-order valence-corrected chi connectivity index (χ1v) is 9.29. The summed E-state index contributed by atoms with van der Waals surface area (Å²) in [6.07, 6.45) is -0.00923. The van der Waals surface area contributed by atoms with E-state index in [2.05, 4.69) is 10.3 Å². The Morgan fingerprint density at radius 3 is 2.48 bits per heavy atom. The number of aromatic nitrogens is 1. The van der Waals surface area contributed by atoms with Gasteiger partial charge in [0, 0.05) is 23.1 Å². The van der Waals surface area contributed by atoms with Crippen LogP contribution >= 0.6 is 0 Å². The van der Waals surface area contributed by atoms with Gasteiger partial charge in [-0.25, -0.2) is 4.98 Å². The van der Waals surface area contributed by atoms with E-state index in [9.17, 15) is 13.2 Å². The number of nitrogens with one attached hydrogen (secondary N) is 1. The summed E-state index contributed by atoms with van der Waals surface area (Å²) in [6, 6.07) is 5.80. The number of ether oxygens (including phenoxy) is 1. The molecule has 1 saturated heterocycles. The van der Waals surface area contributed by atoms with E-state index in [-0.39, 0.29) is 24.7 Å². The normalized spacial score (nSPS) is 32.9. The summed E-state index contributed by atoms with van der Waals surface area (Å²) in [5.74, 6) is 1.00. The van der Waals surface area contributed by atoms with Gasteiger partial charge in [-0.15, -0.1) is 0 Å². The number of hydrogen-bond donors (Lipinski definition) is 1. The molecule has 6 heteroatoms. The van der Waals surface area contributed by atoms with E-state index in [0.717, 1.165) is 31.6 Å². The summed E-state index contributed by atoms with van der Waals surface area (Å²) in [4.78, 5) is 4.63. The molecule has 0 atom stereocenters. The lowest BCUT2D eigenvalue weighted by Gasteiger charge is -2.29. The van der Waals surface area contributed by atoms with Gasteiger partial charge in [-0.2, -0.15) is 13.2 Å². The molecule has 0 aromatic carbocycles. The number of rotatable bonds is 4. The van der Waals surface area contributed by atoms with Gasteiger partial charge in [-0.05, 0) is 64.1 Å². The van der Waals surface area contributed by atoms with Crippen LogP contribution in [-0.4, -0.2) is 30.9 Å². The van der Waals surface area contributed by atoms with Gasteiger partial charge in [-0.1, -0.05) is 6.07 Å². The van der Waals surface area contributed by atoms with Crippen LogP contribution in [0.2, 0.25) is 0 Å². The lowest BCUT2D eigenvalue weighted by molar-refractivity contribution is -0.220. The smallest absolute Gasteiger partial charge is 0.394 e. The van der Waals surface area contributed by atoms with Crippen LogP contribution in [0.15, 0.2) is 18.2 Å². The lowest BCUT2D eigenvalue weighted by Crippen LogP contribution is -2.33. The number of hydrogen-bond acceptors (Lipinski definition) is 3. The lowest BCUT2D eigenvalue weighted by atomic mass is 9.82. The topological polar surface area (TPSA) is 34.1 Å². The molecule has 1 N–H and O–H groups in total. The van der Waals surface area contributed by atoms with Crippen molar-refractivity contribution in [3.8, 4) is 5.88 Å². The summed E-state index contributed by atoms with van der Waals surface area (Å²) in [5.41, 5.74) is -0.734. The summed E-state index contributed by atoms with van der Waals surface area (Å²) in [6.45, 7) is 2.35. The van der Waals surface area contributed by atoms with Gasteiger partial charge in [0.2, 0.25) is 5.88 Å². The van der Waals surface area contributed by atoms with Crippen LogP contribution in [0, 0.1) is 10.8 Å². The Bertz CT molecular complexity index is 617. The highest BCUT2D eigenvalue weighted by molar-refractivity contribution is 5.20. The third kappa shape index (κ3) is 3.14. The highest BCUT2D eigenvalue weighted by Gasteiger charge is 2.66. The molecule has 25 heavy (non-hydrogen) atoms. The summed E-state index contributed by atoms with van der Waals surface area (Å²) in [7, 11) is 0. The number of alkyl halides is 3. The Hall–Kier alpha value is -1.30. The molecule has 0 amide bonds. The largest absolute Gasteiger partial charge is 0.477 e. The van der Waals surface area contributed by atoms with Gasteiger partial charge in [-0.3, -0.25) is 0 Å². The Kier molecular flexibility index (Phi) is 4.21. The standard InChI is InChI=1S/C19H25F3N2O/c20-19(21,22)18-8-6-17(12-18,7-9-18)13-25-16-3-1-2-15(24-16)14-4-10-23-11-5-14/h1-3,14,23H,4-13H2. The van der Waals surface area contributed by atoms with Crippen molar-refractivity contribution in [2.75, 3.05) is 19.7 Å². The molecular formula is C19H25F3N2O. The average Bonchev–Trinajstić information content (AvgIpc) is 3.19. The molecule has 3 fully saturated rings. The molecule has 0 radical (unpaired) electrons. The zero-order chi connectivity index (χ0) is 17.5. The van der Waals surface area contributed by atoms with Gasteiger partial charge in [0.15, 0.2) is 0 Å². The molecule has 0 unspecified atom stereocenters. The maximum absolute atomic E-state index is 13.4. The van der Waals surface area contributed by atoms with Crippen molar-refractivity contribution in [2.24, 2.45) is 10.8 Å². The number of nitrogens with zero attached hydrogens (tertiary/aromatic N) is 1. The zero-order valence-corrected chi connectivity index (χ0v) is 14.4. The minimum atomic E-state index is -4.08. The second-order valence-electron chi connectivity index (χ2n) is 8.17. The molecule has 3 nitrogen and oxygen atoms in total. The van der Waals surface area contributed by atoms with Crippen molar-refractivity contribution < 1.29 is 17.9 Å². The second kappa shape index (κ2) is 6.15. The van der Waals surface area contributed by atoms with Crippen LogP contribution in [0.3, 0.4) is 0 Å². The van der Waals surface area contributed by atoms with Crippen molar-refractivity contribution >= 4 is 0 Å². The van der Waals surface area contributed by atoms with E-state index in [1.54, 1.807) is 0 Å². The van der Waals surface area contributed by atoms with Crippen molar-refractivity contribution in [1.82, 2.24) is 10.3 Å². The molecule has 0 spiro atoms. The van der Waals surface area contributed by atoms with Gasteiger partial charge >= 0.3 is 6.18 Å². The third-order valence-corrected chi connectivity index (χ3v) is 6.61. The third-order valence-electron chi connectivity index (χ3n) is 6.61.